The molecule has 1 aliphatic rings. The lowest BCUT2D eigenvalue weighted by atomic mass is 10.1. The second-order valence-corrected chi connectivity index (χ2v) is 4.52. The van der Waals surface area contributed by atoms with Gasteiger partial charge in [0.2, 0.25) is 5.91 Å². The Bertz CT molecular complexity index is 435. The average Bonchev–Trinajstić information content (AvgIpc) is 3.13. The van der Waals surface area contributed by atoms with Crippen molar-refractivity contribution in [2.24, 2.45) is 0 Å². The number of ketones is 1. The van der Waals surface area contributed by atoms with Crippen molar-refractivity contribution in [3.05, 3.63) is 29.8 Å². The molecule has 0 radical (unpaired) electrons. The van der Waals surface area contributed by atoms with Gasteiger partial charge in [-0.05, 0) is 44.0 Å². The standard InChI is InChI=1S/C14H17NO3/c1-10(16)11-2-6-13(7-3-11)18-9-8-14(17)15-12-4-5-12/h2-3,6-7,12H,4-5,8-9H2,1H3,(H,15,17). The van der Waals surface area contributed by atoms with Crippen LogP contribution in [0.2, 0.25) is 0 Å². The van der Waals surface area contributed by atoms with E-state index in [-0.39, 0.29) is 11.7 Å². The largest absolute Gasteiger partial charge is 0.493 e. The lowest BCUT2D eigenvalue weighted by Gasteiger charge is -2.07. The number of amides is 1. The van der Waals surface area contributed by atoms with Crippen molar-refractivity contribution in [3.8, 4) is 5.75 Å². The molecular formula is C14H17NO3. The van der Waals surface area contributed by atoms with Gasteiger partial charge in [0.1, 0.15) is 5.75 Å². The molecule has 18 heavy (non-hydrogen) atoms. The van der Waals surface area contributed by atoms with E-state index >= 15 is 0 Å². The first kappa shape index (κ1) is 12.6. The smallest absolute Gasteiger partial charge is 0.223 e. The zero-order valence-corrected chi connectivity index (χ0v) is 10.4. The molecule has 1 N–H and O–H groups in total. The minimum Gasteiger partial charge on any atom is -0.493 e. The molecule has 1 amide bonds. The molecule has 0 atom stereocenters. The van der Waals surface area contributed by atoms with Crippen LogP contribution < -0.4 is 10.1 Å². The SMILES string of the molecule is CC(=O)c1ccc(OCCC(=O)NC2CC2)cc1. The van der Waals surface area contributed by atoms with Gasteiger partial charge in [-0.3, -0.25) is 9.59 Å². The van der Waals surface area contributed by atoms with Gasteiger partial charge in [0, 0.05) is 11.6 Å². The highest BCUT2D eigenvalue weighted by molar-refractivity contribution is 5.94. The lowest BCUT2D eigenvalue weighted by molar-refractivity contribution is -0.121. The predicted molar refractivity (Wildman–Crippen MR) is 67.7 cm³/mol. The molecule has 2 rings (SSSR count). The normalized spacial score (nSPS) is 14.1. The Labute approximate surface area is 106 Å². The fourth-order valence-electron chi connectivity index (χ4n) is 1.57. The van der Waals surface area contributed by atoms with Gasteiger partial charge in [-0.15, -0.1) is 0 Å². The first-order valence-electron chi connectivity index (χ1n) is 6.18. The summed E-state index contributed by atoms with van der Waals surface area (Å²) < 4.78 is 5.44. The Balaban J connectivity index is 1.72. The molecule has 1 saturated carbocycles. The Hall–Kier alpha value is -1.84. The second kappa shape index (κ2) is 5.67. The van der Waals surface area contributed by atoms with Crippen LogP contribution in [0.5, 0.6) is 5.75 Å². The molecule has 0 aromatic heterocycles. The monoisotopic (exact) mass is 247 g/mol. The first-order chi connectivity index (χ1) is 8.65. The van der Waals surface area contributed by atoms with Crippen LogP contribution in [0.15, 0.2) is 24.3 Å². The van der Waals surface area contributed by atoms with E-state index in [1.165, 1.54) is 6.92 Å². The van der Waals surface area contributed by atoms with E-state index in [1.54, 1.807) is 24.3 Å². The van der Waals surface area contributed by atoms with Crippen molar-refractivity contribution < 1.29 is 14.3 Å². The molecule has 0 unspecified atom stereocenters. The van der Waals surface area contributed by atoms with Crippen molar-refractivity contribution in [2.45, 2.75) is 32.2 Å². The van der Waals surface area contributed by atoms with Crippen LogP contribution in [-0.4, -0.2) is 24.3 Å². The predicted octanol–water partition coefficient (Wildman–Crippen LogP) is 1.94. The number of carbonyl (C=O) groups excluding carboxylic acids is 2. The van der Waals surface area contributed by atoms with Gasteiger partial charge < -0.3 is 10.1 Å². The third-order valence-corrected chi connectivity index (χ3v) is 2.80. The molecule has 4 heteroatoms. The quantitative estimate of drug-likeness (QED) is 0.781. The lowest BCUT2D eigenvalue weighted by Crippen LogP contribution is -2.26. The van der Waals surface area contributed by atoms with E-state index in [0.29, 0.717) is 30.4 Å². The third-order valence-electron chi connectivity index (χ3n) is 2.80. The highest BCUT2D eigenvalue weighted by Crippen LogP contribution is 2.18. The summed E-state index contributed by atoms with van der Waals surface area (Å²) in [7, 11) is 0. The molecule has 0 spiro atoms. The summed E-state index contributed by atoms with van der Waals surface area (Å²) in [6.45, 7) is 1.88. The van der Waals surface area contributed by atoms with E-state index in [4.69, 9.17) is 4.74 Å². The minimum absolute atomic E-state index is 0.0327. The van der Waals surface area contributed by atoms with Crippen LogP contribution >= 0.6 is 0 Å². The minimum atomic E-state index is 0.0327. The average molecular weight is 247 g/mol. The van der Waals surface area contributed by atoms with Crippen LogP contribution in [0.25, 0.3) is 0 Å². The Morgan fingerprint density at radius 1 is 1.28 bits per heavy atom. The highest BCUT2D eigenvalue weighted by atomic mass is 16.5. The summed E-state index contributed by atoms with van der Waals surface area (Å²) in [6, 6.07) is 7.34. The summed E-state index contributed by atoms with van der Waals surface area (Å²) in [6.07, 6.45) is 2.56. The van der Waals surface area contributed by atoms with Gasteiger partial charge in [-0.25, -0.2) is 0 Å². The molecule has 1 aromatic rings. The van der Waals surface area contributed by atoms with Gasteiger partial charge in [-0.1, -0.05) is 0 Å². The summed E-state index contributed by atoms with van der Waals surface area (Å²) in [4.78, 5) is 22.5. The van der Waals surface area contributed by atoms with Crippen molar-refractivity contribution in [1.82, 2.24) is 5.32 Å². The second-order valence-electron chi connectivity index (χ2n) is 4.52. The van der Waals surface area contributed by atoms with Crippen LogP contribution in [0.1, 0.15) is 36.5 Å². The molecule has 0 heterocycles. The molecule has 0 aliphatic heterocycles. The van der Waals surface area contributed by atoms with E-state index in [2.05, 4.69) is 5.32 Å². The number of nitrogens with one attached hydrogen (secondary N) is 1. The summed E-state index contributed by atoms with van der Waals surface area (Å²) >= 11 is 0. The van der Waals surface area contributed by atoms with Gasteiger partial charge in [0.05, 0.1) is 13.0 Å². The fourth-order valence-corrected chi connectivity index (χ4v) is 1.57. The Morgan fingerprint density at radius 2 is 1.94 bits per heavy atom. The maximum Gasteiger partial charge on any atom is 0.223 e. The Kier molecular flexibility index (Phi) is 3.97. The van der Waals surface area contributed by atoms with Gasteiger partial charge in [0.15, 0.2) is 5.78 Å². The number of carbonyl (C=O) groups is 2. The summed E-state index contributed by atoms with van der Waals surface area (Å²) in [5, 5.41) is 2.90. The molecule has 1 fully saturated rings. The van der Waals surface area contributed by atoms with Crippen LogP contribution in [-0.2, 0) is 4.79 Å². The number of hydrogen-bond donors (Lipinski definition) is 1. The fraction of sp³-hybridized carbons (Fsp3) is 0.429. The van der Waals surface area contributed by atoms with Crippen LogP contribution in [0.3, 0.4) is 0 Å². The van der Waals surface area contributed by atoms with Crippen molar-refractivity contribution in [3.63, 3.8) is 0 Å². The van der Waals surface area contributed by atoms with E-state index in [0.717, 1.165) is 12.8 Å². The zero-order valence-electron chi connectivity index (χ0n) is 10.4. The number of benzene rings is 1. The zero-order chi connectivity index (χ0) is 13.0. The highest BCUT2D eigenvalue weighted by Gasteiger charge is 2.22. The maximum absolute atomic E-state index is 11.4. The maximum atomic E-state index is 11.4. The number of hydrogen-bond acceptors (Lipinski definition) is 3. The number of Topliss-reactive ketones (excluding diaryl/α,β-unsaturated/α-hetero) is 1. The molecule has 4 nitrogen and oxygen atoms in total. The number of ether oxygens (including phenoxy) is 1. The van der Waals surface area contributed by atoms with Crippen molar-refractivity contribution in [1.29, 1.82) is 0 Å². The van der Waals surface area contributed by atoms with Crippen LogP contribution in [0, 0.1) is 0 Å². The van der Waals surface area contributed by atoms with Gasteiger partial charge in [-0.2, -0.15) is 0 Å². The Morgan fingerprint density at radius 3 is 2.50 bits per heavy atom. The molecular weight excluding hydrogens is 230 g/mol. The third kappa shape index (κ3) is 3.87. The molecule has 0 saturated heterocycles. The molecule has 1 aromatic carbocycles. The molecule has 1 aliphatic carbocycles. The molecule has 96 valence electrons. The summed E-state index contributed by atoms with van der Waals surface area (Å²) in [5.74, 6) is 0.752. The molecule has 0 bridgehead atoms. The first-order valence-corrected chi connectivity index (χ1v) is 6.18. The van der Waals surface area contributed by atoms with E-state index < -0.39 is 0 Å². The van der Waals surface area contributed by atoms with Crippen LogP contribution in [0.4, 0.5) is 0 Å². The van der Waals surface area contributed by atoms with E-state index in [9.17, 15) is 9.59 Å². The topological polar surface area (TPSA) is 55.4 Å². The van der Waals surface area contributed by atoms with Crippen molar-refractivity contribution in [2.75, 3.05) is 6.61 Å². The van der Waals surface area contributed by atoms with Crippen molar-refractivity contribution >= 4 is 11.7 Å². The van der Waals surface area contributed by atoms with E-state index in [1.807, 2.05) is 0 Å². The van der Waals surface area contributed by atoms with Gasteiger partial charge in [0.25, 0.3) is 0 Å². The number of rotatable bonds is 6. The van der Waals surface area contributed by atoms with Gasteiger partial charge >= 0.3 is 0 Å². The summed E-state index contributed by atoms with van der Waals surface area (Å²) in [5.41, 5.74) is 0.661.